The maximum atomic E-state index is 5.51. The molecule has 0 aliphatic heterocycles. The highest BCUT2D eigenvalue weighted by Crippen LogP contribution is 2.21. The zero-order chi connectivity index (χ0) is 15.4. The van der Waals surface area contributed by atoms with Crippen molar-refractivity contribution in [1.29, 1.82) is 0 Å². The lowest BCUT2D eigenvalue weighted by Crippen LogP contribution is -2.30. The molecule has 116 valence electrons. The van der Waals surface area contributed by atoms with E-state index in [-0.39, 0.29) is 6.04 Å². The quantitative estimate of drug-likeness (QED) is 0.842. The Morgan fingerprint density at radius 3 is 2.81 bits per heavy atom. The smallest absolute Gasteiger partial charge is 0.216 e. The van der Waals surface area contributed by atoms with Gasteiger partial charge < -0.3 is 14.5 Å². The highest BCUT2D eigenvalue weighted by molar-refractivity contribution is 5.30. The molecule has 21 heavy (non-hydrogen) atoms. The molecule has 6 nitrogen and oxygen atoms in total. The molecule has 1 N–H and O–H groups in total. The molecule has 0 aliphatic carbocycles. The number of aromatic nitrogens is 2. The monoisotopic (exact) mass is 292 g/mol. The second-order valence-electron chi connectivity index (χ2n) is 5.32. The van der Waals surface area contributed by atoms with Gasteiger partial charge in [0.15, 0.2) is 0 Å². The maximum absolute atomic E-state index is 5.51. The van der Waals surface area contributed by atoms with Crippen LogP contribution >= 0.6 is 0 Å². The largest absolute Gasteiger partial charge is 0.481 e. The van der Waals surface area contributed by atoms with Gasteiger partial charge in [-0.3, -0.25) is 4.90 Å². The number of methoxy groups -OCH3 is 1. The molecule has 0 fully saturated rings. The first-order valence-corrected chi connectivity index (χ1v) is 7.01. The van der Waals surface area contributed by atoms with Crippen LogP contribution in [0, 0.1) is 6.92 Å². The fourth-order valence-electron chi connectivity index (χ4n) is 2.49. The van der Waals surface area contributed by atoms with E-state index in [1.54, 1.807) is 18.1 Å². The van der Waals surface area contributed by atoms with Crippen LogP contribution in [0.25, 0.3) is 0 Å². The van der Waals surface area contributed by atoms with Crippen LogP contribution in [0.4, 0.5) is 0 Å². The standard InChI is InChI=1S/C15H24N4O2/c1-11-12(15(20-5)19(4)17-11)9-16-10-13(18(2)3)14-7-6-8-21-14/h6-8,13,16H,9-10H2,1-5H3. The van der Waals surface area contributed by atoms with E-state index in [4.69, 9.17) is 9.15 Å². The van der Waals surface area contributed by atoms with E-state index in [1.807, 2.05) is 40.2 Å². The highest BCUT2D eigenvalue weighted by Gasteiger charge is 2.18. The molecule has 0 amide bonds. The highest BCUT2D eigenvalue weighted by atomic mass is 16.5. The maximum Gasteiger partial charge on any atom is 0.216 e. The predicted molar refractivity (Wildman–Crippen MR) is 81.3 cm³/mol. The van der Waals surface area contributed by atoms with Crippen LogP contribution < -0.4 is 10.1 Å². The summed E-state index contributed by atoms with van der Waals surface area (Å²) in [7, 11) is 7.65. The lowest BCUT2D eigenvalue weighted by Gasteiger charge is -2.22. The van der Waals surface area contributed by atoms with Gasteiger partial charge in [0.2, 0.25) is 5.88 Å². The van der Waals surface area contributed by atoms with Crippen LogP contribution in [0.2, 0.25) is 0 Å². The summed E-state index contributed by atoms with van der Waals surface area (Å²) in [6.07, 6.45) is 1.71. The first-order chi connectivity index (χ1) is 10.0. The number of likely N-dealkylation sites (N-methyl/N-ethyl adjacent to an activating group) is 1. The van der Waals surface area contributed by atoms with Crippen molar-refractivity contribution in [2.75, 3.05) is 27.7 Å². The van der Waals surface area contributed by atoms with Crippen molar-refractivity contribution in [2.45, 2.75) is 19.5 Å². The number of hydrogen-bond acceptors (Lipinski definition) is 5. The molecular weight excluding hydrogens is 268 g/mol. The fourth-order valence-corrected chi connectivity index (χ4v) is 2.49. The Kier molecular flexibility index (Phi) is 5.03. The molecular formula is C15H24N4O2. The minimum Gasteiger partial charge on any atom is -0.481 e. The second kappa shape index (κ2) is 6.78. The SMILES string of the molecule is COc1c(CNCC(c2ccco2)N(C)C)c(C)nn1C. The lowest BCUT2D eigenvalue weighted by molar-refractivity contribution is 0.250. The summed E-state index contributed by atoms with van der Waals surface area (Å²) in [5, 5.41) is 7.85. The first kappa shape index (κ1) is 15.6. The van der Waals surface area contributed by atoms with Gasteiger partial charge in [0.25, 0.3) is 0 Å². The number of aryl methyl sites for hydroxylation is 2. The van der Waals surface area contributed by atoms with E-state index < -0.39 is 0 Å². The Morgan fingerprint density at radius 2 is 2.24 bits per heavy atom. The van der Waals surface area contributed by atoms with Gasteiger partial charge in [-0.25, -0.2) is 4.68 Å². The third kappa shape index (κ3) is 3.46. The average molecular weight is 292 g/mol. The van der Waals surface area contributed by atoms with Gasteiger partial charge in [-0.1, -0.05) is 0 Å². The summed E-state index contributed by atoms with van der Waals surface area (Å²) in [4.78, 5) is 2.14. The molecule has 0 aliphatic rings. The van der Waals surface area contributed by atoms with Gasteiger partial charge in [-0.05, 0) is 33.2 Å². The van der Waals surface area contributed by atoms with Crippen LogP contribution in [0.15, 0.2) is 22.8 Å². The number of hydrogen-bond donors (Lipinski definition) is 1. The Bertz CT molecular complexity index is 560. The summed E-state index contributed by atoms with van der Waals surface area (Å²) < 4.78 is 12.7. The molecule has 0 spiro atoms. The molecule has 2 aromatic rings. The summed E-state index contributed by atoms with van der Waals surface area (Å²) in [6.45, 7) is 3.50. The number of nitrogens with zero attached hydrogens (tertiary/aromatic N) is 3. The minimum absolute atomic E-state index is 0.197. The van der Waals surface area contributed by atoms with Gasteiger partial charge in [0.1, 0.15) is 5.76 Å². The second-order valence-corrected chi connectivity index (χ2v) is 5.32. The molecule has 0 bridgehead atoms. The van der Waals surface area contributed by atoms with Crippen LogP contribution in [-0.4, -0.2) is 42.4 Å². The van der Waals surface area contributed by atoms with Crippen LogP contribution in [-0.2, 0) is 13.6 Å². The topological polar surface area (TPSA) is 55.5 Å². The molecule has 2 heterocycles. The zero-order valence-electron chi connectivity index (χ0n) is 13.4. The Balaban J connectivity index is 2.00. The van der Waals surface area contributed by atoms with Crippen molar-refractivity contribution >= 4 is 0 Å². The van der Waals surface area contributed by atoms with E-state index in [2.05, 4.69) is 15.3 Å². The normalized spacial score (nSPS) is 12.9. The van der Waals surface area contributed by atoms with Crippen LogP contribution in [0.1, 0.15) is 23.1 Å². The van der Waals surface area contributed by atoms with Crippen LogP contribution in [0.3, 0.4) is 0 Å². The van der Waals surface area contributed by atoms with E-state index in [0.717, 1.165) is 29.4 Å². The van der Waals surface area contributed by atoms with Crippen molar-refractivity contribution in [3.8, 4) is 5.88 Å². The number of nitrogens with one attached hydrogen (secondary N) is 1. The van der Waals surface area contributed by atoms with E-state index in [1.165, 1.54) is 0 Å². The molecule has 1 unspecified atom stereocenters. The predicted octanol–water partition coefficient (Wildman–Crippen LogP) is 1.72. The Labute approximate surface area is 125 Å². The molecule has 0 saturated heterocycles. The van der Waals surface area contributed by atoms with Crippen molar-refractivity contribution < 1.29 is 9.15 Å². The molecule has 6 heteroatoms. The zero-order valence-corrected chi connectivity index (χ0v) is 13.4. The molecule has 0 aromatic carbocycles. The molecule has 0 radical (unpaired) electrons. The van der Waals surface area contributed by atoms with E-state index in [9.17, 15) is 0 Å². The third-order valence-electron chi connectivity index (χ3n) is 3.62. The average Bonchev–Trinajstić information content (AvgIpc) is 3.03. The van der Waals surface area contributed by atoms with Crippen molar-refractivity contribution in [1.82, 2.24) is 20.0 Å². The third-order valence-corrected chi connectivity index (χ3v) is 3.62. The molecule has 0 saturated carbocycles. The van der Waals surface area contributed by atoms with Crippen molar-refractivity contribution in [3.63, 3.8) is 0 Å². The van der Waals surface area contributed by atoms with Crippen LogP contribution in [0.5, 0.6) is 5.88 Å². The summed E-state index contributed by atoms with van der Waals surface area (Å²) >= 11 is 0. The fraction of sp³-hybridized carbons (Fsp3) is 0.533. The minimum atomic E-state index is 0.197. The summed E-state index contributed by atoms with van der Waals surface area (Å²) in [5.41, 5.74) is 2.08. The van der Waals surface area contributed by atoms with Crippen molar-refractivity contribution in [3.05, 3.63) is 35.4 Å². The van der Waals surface area contributed by atoms with Gasteiger partial charge in [0, 0.05) is 20.1 Å². The van der Waals surface area contributed by atoms with Gasteiger partial charge in [-0.2, -0.15) is 5.10 Å². The first-order valence-electron chi connectivity index (χ1n) is 7.01. The number of furan rings is 1. The number of ether oxygens (including phenoxy) is 1. The summed E-state index contributed by atoms with van der Waals surface area (Å²) in [5.74, 6) is 1.77. The molecule has 2 rings (SSSR count). The lowest BCUT2D eigenvalue weighted by atomic mass is 10.2. The van der Waals surface area contributed by atoms with Crippen molar-refractivity contribution in [2.24, 2.45) is 7.05 Å². The van der Waals surface area contributed by atoms with E-state index >= 15 is 0 Å². The summed E-state index contributed by atoms with van der Waals surface area (Å²) in [6, 6.07) is 4.12. The van der Waals surface area contributed by atoms with Gasteiger partial charge in [0.05, 0.1) is 30.7 Å². The van der Waals surface area contributed by atoms with E-state index in [0.29, 0.717) is 6.54 Å². The number of rotatable bonds is 7. The molecule has 2 aromatic heterocycles. The Morgan fingerprint density at radius 1 is 1.48 bits per heavy atom. The molecule has 1 atom stereocenters. The van der Waals surface area contributed by atoms with Gasteiger partial charge in [-0.15, -0.1) is 0 Å². The Hall–Kier alpha value is -1.79. The van der Waals surface area contributed by atoms with Gasteiger partial charge >= 0.3 is 0 Å².